The fourth-order valence-corrected chi connectivity index (χ4v) is 5.12. The second kappa shape index (κ2) is 11.4. The predicted molar refractivity (Wildman–Crippen MR) is 118 cm³/mol. The van der Waals surface area contributed by atoms with Crippen molar-refractivity contribution in [3.8, 4) is 0 Å². The van der Waals surface area contributed by atoms with Gasteiger partial charge in [-0.05, 0) is 50.2 Å². The summed E-state index contributed by atoms with van der Waals surface area (Å²) in [6, 6.07) is 9.42. The van der Waals surface area contributed by atoms with Gasteiger partial charge >= 0.3 is 0 Å². The number of carbonyl (C=O) groups is 2. The van der Waals surface area contributed by atoms with Gasteiger partial charge in [-0.3, -0.25) is 9.59 Å². The first-order chi connectivity index (χ1) is 14.2. The summed E-state index contributed by atoms with van der Waals surface area (Å²) >= 11 is 0. The van der Waals surface area contributed by atoms with Crippen LogP contribution in [-0.4, -0.2) is 35.3 Å². The zero-order chi connectivity index (χ0) is 20.5. The molecular formula is C25H38N2O2. The van der Waals surface area contributed by atoms with Crippen molar-refractivity contribution >= 4 is 11.8 Å². The third kappa shape index (κ3) is 5.83. The molecule has 1 aromatic rings. The molecule has 2 saturated carbocycles. The van der Waals surface area contributed by atoms with E-state index in [1.165, 1.54) is 25.7 Å². The van der Waals surface area contributed by atoms with Crippen LogP contribution in [0.3, 0.4) is 0 Å². The Morgan fingerprint density at radius 3 is 2.21 bits per heavy atom. The van der Waals surface area contributed by atoms with Crippen LogP contribution < -0.4 is 5.32 Å². The minimum atomic E-state index is -0.331. The molecule has 0 saturated heterocycles. The largest absolute Gasteiger partial charge is 0.354 e. The minimum Gasteiger partial charge on any atom is -0.354 e. The summed E-state index contributed by atoms with van der Waals surface area (Å²) in [6.07, 6.45) is 13.3. The molecule has 1 aromatic carbocycles. The fourth-order valence-electron chi connectivity index (χ4n) is 5.12. The molecule has 1 unspecified atom stereocenters. The number of carbonyl (C=O) groups excluding carboxylic acids is 2. The Hall–Kier alpha value is -1.84. The number of benzene rings is 1. The molecule has 160 valence electrons. The molecule has 0 radical (unpaired) electrons. The number of unbranched alkanes of at least 4 members (excludes halogenated alkanes) is 1. The van der Waals surface area contributed by atoms with Crippen LogP contribution in [0.25, 0.3) is 0 Å². The molecular weight excluding hydrogens is 360 g/mol. The van der Waals surface area contributed by atoms with E-state index in [-0.39, 0.29) is 29.8 Å². The Balaban J connectivity index is 1.91. The molecule has 4 nitrogen and oxygen atoms in total. The van der Waals surface area contributed by atoms with Crippen LogP contribution in [-0.2, 0) is 4.79 Å². The number of amides is 2. The summed E-state index contributed by atoms with van der Waals surface area (Å²) in [5.41, 5.74) is 0.709. The molecule has 2 aliphatic rings. The van der Waals surface area contributed by atoms with Crippen molar-refractivity contribution in [3.63, 3.8) is 0 Å². The van der Waals surface area contributed by atoms with E-state index in [9.17, 15) is 9.59 Å². The van der Waals surface area contributed by atoms with Crippen LogP contribution in [0.15, 0.2) is 30.3 Å². The van der Waals surface area contributed by atoms with Gasteiger partial charge in [-0.2, -0.15) is 0 Å². The Bertz CT molecular complexity index is 633. The molecule has 0 bridgehead atoms. The van der Waals surface area contributed by atoms with E-state index in [0.717, 1.165) is 51.4 Å². The molecule has 0 aliphatic heterocycles. The van der Waals surface area contributed by atoms with Crippen LogP contribution in [0.2, 0.25) is 0 Å². The molecule has 2 aliphatic carbocycles. The minimum absolute atomic E-state index is 0.0405. The monoisotopic (exact) mass is 398 g/mol. The lowest BCUT2D eigenvalue weighted by molar-refractivity contribution is -0.129. The maximum Gasteiger partial charge on any atom is 0.254 e. The summed E-state index contributed by atoms with van der Waals surface area (Å²) in [7, 11) is 0. The first kappa shape index (κ1) is 21.9. The lowest BCUT2D eigenvalue weighted by atomic mass is 9.81. The maximum atomic E-state index is 13.7. The SMILES string of the molecule is CCCCNC(=O)C(C1CCCCC1)N(C(=O)c1ccccc1)C1CCCCC1. The number of nitrogens with zero attached hydrogens (tertiary/aromatic N) is 1. The highest BCUT2D eigenvalue weighted by Gasteiger charge is 2.40. The fraction of sp³-hybridized carbons (Fsp3) is 0.680. The average molecular weight is 399 g/mol. The standard InChI is InChI=1S/C25H38N2O2/c1-2-3-19-26-24(28)23(20-13-7-4-8-14-20)27(22-17-11-6-12-18-22)25(29)21-15-9-5-10-16-21/h5,9-10,15-16,20,22-23H,2-4,6-8,11-14,17-19H2,1H3,(H,26,28). The summed E-state index contributed by atoms with van der Waals surface area (Å²) in [4.78, 5) is 29.2. The average Bonchev–Trinajstić information content (AvgIpc) is 2.79. The number of rotatable bonds is 8. The highest BCUT2D eigenvalue weighted by atomic mass is 16.2. The number of nitrogens with one attached hydrogen (secondary N) is 1. The normalized spacial score (nSPS) is 19.5. The molecule has 4 heteroatoms. The molecule has 1 atom stereocenters. The van der Waals surface area contributed by atoms with Gasteiger partial charge in [0.2, 0.25) is 5.91 Å². The topological polar surface area (TPSA) is 49.4 Å². The van der Waals surface area contributed by atoms with Crippen molar-refractivity contribution in [1.29, 1.82) is 0 Å². The van der Waals surface area contributed by atoms with Gasteiger partial charge in [0.1, 0.15) is 6.04 Å². The Morgan fingerprint density at radius 2 is 1.59 bits per heavy atom. The van der Waals surface area contributed by atoms with E-state index in [1.54, 1.807) is 0 Å². The van der Waals surface area contributed by atoms with E-state index in [1.807, 2.05) is 35.2 Å². The van der Waals surface area contributed by atoms with Gasteiger partial charge in [-0.1, -0.05) is 70.1 Å². The zero-order valence-electron chi connectivity index (χ0n) is 18.1. The quantitative estimate of drug-likeness (QED) is 0.602. The van der Waals surface area contributed by atoms with Crippen LogP contribution in [0.5, 0.6) is 0 Å². The molecule has 0 heterocycles. The van der Waals surface area contributed by atoms with Gasteiger partial charge in [0.15, 0.2) is 0 Å². The van der Waals surface area contributed by atoms with E-state index in [0.29, 0.717) is 12.1 Å². The Kier molecular flexibility index (Phi) is 8.57. The Morgan fingerprint density at radius 1 is 0.966 bits per heavy atom. The van der Waals surface area contributed by atoms with E-state index in [4.69, 9.17) is 0 Å². The summed E-state index contributed by atoms with van der Waals surface area (Å²) in [5, 5.41) is 3.17. The van der Waals surface area contributed by atoms with Crippen molar-refractivity contribution in [2.24, 2.45) is 5.92 Å². The first-order valence-corrected chi connectivity index (χ1v) is 11.9. The van der Waals surface area contributed by atoms with Crippen molar-refractivity contribution < 1.29 is 9.59 Å². The van der Waals surface area contributed by atoms with E-state index >= 15 is 0 Å². The highest BCUT2D eigenvalue weighted by molar-refractivity contribution is 5.98. The first-order valence-electron chi connectivity index (χ1n) is 11.9. The third-order valence-electron chi connectivity index (χ3n) is 6.72. The third-order valence-corrected chi connectivity index (χ3v) is 6.72. The van der Waals surface area contributed by atoms with Crippen LogP contribution in [0.1, 0.15) is 94.3 Å². The second-order valence-corrected chi connectivity index (χ2v) is 8.86. The van der Waals surface area contributed by atoms with Gasteiger partial charge in [-0.15, -0.1) is 0 Å². The summed E-state index contributed by atoms with van der Waals surface area (Å²) in [6.45, 7) is 2.84. The molecule has 29 heavy (non-hydrogen) atoms. The summed E-state index contributed by atoms with van der Waals surface area (Å²) in [5.74, 6) is 0.388. The van der Waals surface area contributed by atoms with Gasteiger partial charge in [0.25, 0.3) is 5.91 Å². The number of hydrogen-bond donors (Lipinski definition) is 1. The molecule has 2 amide bonds. The van der Waals surface area contributed by atoms with Crippen LogP contribution in [0.4, 0.5) is 0 Å². The van der Waals surface area contributed by atoms with Crippen LogP contribution in [0, 0.1) is 5.92 Å². The molecule has 0 aromatic heterocycles. The molecule has 1 N–H and O–H groups in total. The van der Waals surface area contributed by atoms with E-state index < -0.39 is 0 Å². The van der Waals surface area contributed by atoms with Gasteiger partial charge in [0.05, 0.1) is 0 Å². The second-order valence-electron chi connectivity index (χ2n) is 8.86. The van der Waals surface area contributed by atoms with Crippen molar-refractivity contribution in [3.05, 3.63) is 35.9 Å². The van der Waals surface area contributed by atoms with Crippen molar-refractivity contribution in [2.75, 3.05) is 6.54 Å². The van der Waals surface area contributed by atoms with Crippen molar-refractivity contribution in [2.45, 2.75) is 96.1 Å². The van der Waals surface area contributed by atoms with Gasteiger partial charge < -0.3 is 10.2 Å². The summed E-state index contributed by atoms with van der Waals surface area (Å²) < 4.78 is 0. The maximum absolute atomic E-state index is 13.7. The molecule has 3 rings (SSSR count). The van der Waals surface area contributed by atoms with Gasteiger partial charge in [0, 0.05) is 18.2 Å². The predicted octanol–water partition coefficient (Wildman–Crippen LogP) is 5.33. The number of hydrogen-bond acceptors (Lipinski definition) is 2. The van der Waals surface area contributed by atoms with E-state index in [2.05, 4.69) is 12.2 Å². The highest BCUT2D eigenvalue weighted by Crippen LogP contribution is 2.34. The van der Waals surface area contributed by atoms with Gasteiger partial charge in [-0.25, -0.2) is 0 Å². The zero-order valence-corrected chi connectivity index (χ0v) is 18.1. The van der Waals surface area contributed by atoms with Crippen molar-refractivity contribution in [1.82, 2.24) is 10.2 Å². The smallest absolute Gasteiger partial charge is 0.254 e. The van der Waals surface area contributed by atoms with Crippen LogP contribution >= 0.6 is 0 Å². The lowest BCUT2D eigenvalue weighted by Gasteiger charge is -2.43. The molecule has 0 spiro atoms. The molecule has 2 fully saturated rings. The Labute approximate surface area is 176 Å². The lowest BCUT2D eigenvalue weighted by Crippen LogP contribution is -2.57.